The van der Waals surface area contributed by atoms with Crippen molar-refractivity contribution in [3.8, 4) is 17.4 Å². The number of nitriles is 1. The second kappa shape index (κ2) is 8.52. The number of amides is 1. The monoisotopic (exact) mass is 404 g/mol. The summed E-state index contributed by atoms with van der Waals surface area (Å²) in [6, 6.07) is 15.3. The number of pyridine rings is 1. The van der Waals surface area contributed by atoms with E-state index in [1.807, 2.05) is 42.5 Å². The Hall–Kier alpha value is -3.08. The summed E-state index contributed by atoms with van der Waals surface area (Å²) < 4.78 is 5.64. The third-order valence-corrected chi connectivity index (χ3v) is 5.76. The highest BCUT2D eigenvalue weighted by Crippen LogP contribution is 2.37. The number of nitrogens with one attached hydrogen (secondary N) is 1. The predicted molar refractivity (Wildman–Crippen MR) is 112 cm³/mol. The van der Waals surface area contributed by atoms with Gasteiger partial charge in [0.1, 0.15) is 16.9 Å². The third-order valence-electron chi connectivity index (χ3n) is 4.79. The van der Waals surface area contributed by atoms with Crippen molar-refractivity contribution >= 4 is 23.4 Å². The molecule has 4 rings (SSSR count). The topological polar surface area (TPSA) is 82.2 Å². The van der Waals surface area contributed by atoms with Crippen molar-refractivity contribution < 1.29 is 9.21 Å². The van der Waals surface area contributed by atoms with Crippen LogP contribution in [0.5, 0.6) is 0 Å². The van der Waals surface area contributed by atoms with E-state index < -0.39 is 0 Å². The maximum atomic E-state index is 12.4. The van der Waals surface area contributed by atoms with Crippen LogP contribution in [0.25, 0.3) is 11.3 Å². The zero-order valence-electron chi connectivity index (χ0n) is 16.0. The van der Waals surface area contributed by atoms with Gasteiger partial charge in [-0.05, 0) is 31.3 Å². The molecule has 0 atom stereocenters. The zero-order chi connectivity index (χ0) is 20.2. The standard InChI is InChI=1S/C22H20N4O2S/c1-26-10-9-18-17(13-26)21(19-8-5-11-28-19)16(12-23)22(25-18)29-14-20(27)24-15-6-3-2-4-7-15/h2-8,11H,9-10,13-14H2,1H3,(H,24,27). The van der Waals surface area contributed by atoms with E-state index in [-0.39, 0.29) is 11.7 Å². The van der Waals surface area contributed by atoms with Crippen molar-refractivity contribution in [2.24, 2.45) is 0 Å². The van der Waals surface area contributed by atoms with Gasteiger partial charge in [0.2, 0.25) is 5.91 Å². The first-order chi connectivity index (χ1) is 14.2. The van der Waals surface area contributed by atoms with Crippen LogP contribution in [0.2, 0.25) is 0 Å². The van der Waals surface area contributed by atoms with Crippen molar-refractivity contribution in [3.05, 3.63) is 65.5 Å². The number of aromatic nitrogens is 1. The van der Waals surface area contributed by atoms with E-state index in [0.29, 0.717) is 22.9 Å². The van der Waals surface area contributed by atoms with Gasteiger partial charge in [-0.2, -0.15) is 5.26 Å². The second-order valence-electron chi connectivity index (χ2n) is 6.87. The summed E-state index contributed by atoms with van der Waals surface area (Å²) in [4.78, 5) is 19.3. The van der Waals surface area contributed by atoms with Crippen molar-refractivity contribution in [1.29, 1.82) is 5.26 Å². The summed E-state index contributed by atoms with van der Waals surface area (Å²) in [6.45, 7) is 1.62. The van der Waals surface area contributed by atoms with Crippen LogP contribution < -0.4 is 5.32 Å². The minimum atomic E-state index is -0.135. The molecule has 0 bridgehead atoms. The molecule has 146 valence electrons. The summed E-state index contributed by atoms with van der Waals surface area (Å²) >= 11 is 1.28. The van der Waals surface area contributed by atoms with Gasteiger partial charge in [-0.25, -0.2) is 4.98 Å². The maximum Gasteiger partial charge on any atom is 0.234 e. The van der Waals surface area contributed by atoms with Crippen LogP contribution in [-0.2, 0) is 17.8 Å². The van der Waals surface area contributed by atoms with E-state index in [1.54, 1.807) is 6.26 Å². The first kappa shape index (κ1) is 19.2. The Kier molecular flexibility index (Phi) is 5.65. The number of hydrogen-bond acceptors (Lipinski definition) is 6. The fourth-order valence-corrected chi connectivity index (χ4v) is 4.23. The van der Waals surface area contributed by atoms with Crippen LogP contribution >= 0.6 is 11.8 Å². The molecule has 0 saturated heterocycles. The number of thioether (sulfide) groups is 1. The molecular weight excluding hydrogens is 384 g/mol. The van der Waals surface area contributed by atoms with Crippen molar-refractivity contribution in [2.45, 2.75) is 18.0 Å². The lowest BCUT2D eigenvalue weighted by Gasteiger charge is -2.27. The van der Waals surface area contributed by atoms with Gasteiger partial charge in [-0.15, -0.1) is 0 Å². The number of hydrogen-bond donors (Lipinski definition) is 1. The molecule has 3 heterocycles. The van der Waals surface area contributed by atoms with Gasteiger partial charge < -0.3 is 14.6 Å². The first-order valence-corrected chi connectivity index (χ1v) is 10.3. The number of fused-ring (bicyclic) bond motifs is 1. The molecule has 7 heteroatoms. The molecule has 0 saturated carbocycles. The number of carbonyl (C=O) groups excluding carboxylic acids is 1. The molecule has 0 spiro atoms. The molecule has 0 fully saturated rings. The molecule has 0 radical (unpaired) electrons. The molecular formula is C22H20N4O2S. The normalized spacial score (nSPS) is 13.5. The Morgan fingerprint density at radius 2 is 2.14 bits per heavy atom. The highest BCUT2D eigenvalue weighted by molar-refractivity contribution is 8.00. The SMILES string of the molecule is CN1CCc2nc(SCC(=O)Nc3ccccc3)c(C#N)c(-c3ccco3)c2C1. The number of benzene rings is 1. The van der Waals surface area contributed by atoms with Crippen LogP contribution in [0.4, 0.5) is 5.69 Å². The maximum absolute atomic E-state index is 12.4. The van der Waals surface area contributed by atoms with Gasteiger partial charge in [-0.3, -0.25) is 4.79 Å². The van der Waals surface area contributed by atoms with Gasteiger partial charge in [0.25, 0.3) is 0 Å². The molecule has 1 aliphatic heterocycles. The highest BCUT2D eigenvalue weighted by atomic mass is 32.2. The van der Waals surface area contributed by atoms with Gasteiger partial charge >= 0.3 is 0 Å². The van der Waals surface area contributed by atoms with Gasteiger partial charge in [-0.1, -0.05) is 30.0 Å². The van der Waals surface area contributed by atoms with E-state index in [4.69, 9.17) is 9.40 Å². The Labute approximate surface area is 173 Å². The summed E-state index contributed by atoms with van der Waals surface area (Å²) in [5, 5.41) is 13.3. The number of likely N-dealkylation sites (N-methyl/N-ethyl adjacent to an activating group) is 1. The summed E-state index contributed by atoms with van der Waals surface area (Å²) in [5.74, 6) is 0.697. The summed E-state index contributed by atoms with van der Waals surface area (Å²) in [7, 11) is 2.05. The lowest BCUT2D eigenvalue weighted by molar-refractivity contribution is -0.113. The van der Waals surface area contributed by atoms with Crippen molar-refractivity contribution in [1.82, 2.24) is 9.88 Å². The Morgan fingerprint density at radius 1 is 1.31 bits per heavy atom. The molecule has 1 aliphatic rings. The number of furan rings is 1. The Bertz CT molecular complexity index is 1060. The van der Waals surface area contributed by atoms with E-state index >= 15 is 0 Å². The lowest BCUT2D eigenvalue weighted by Crippen LogP contribution is -2.28. The number of rotatable bonds is 5. The molecule has 29 heavy (non-hydrogen) atoms. The van der Waals surface area contributed by atoms with Gasteiger partial charge in [0.05, 0.1) is 17.6 Å². The van der Waals surface area contributed by atoms with Crippen LogP contribution in [0.1, 0.15) is 16.8 Å². The number of nitrogens with zero attached hydrogens (tertiary/aromatic N) is 3. The molecule has 1 N–H and O–H groups in total. The molecule has 6 nitrogen and oxygen atoms in total. The van der Waals surface area contributed by atoms with Crippen LogP contribution in [0, 0.1) is 11.3 Å². The molecule has 0 aliphatic carbocycles. The van der Waals surface area contributed by atoms with Gasteiger partial charge in [0.15, 0.2) is 0 Å². The lowest BCUT2D eigenvalue weighted by atomic mass is 9.95. The summed E-state index contributed by atoms with van der Waals surface area (Å²) in [6.07, 6.45) is 2.41. The number of anilines is 1. The van der Waals surface area contributed by atoms with Crippen molar-refractivity contribution in [2.75, 3.05) is 24.7 Å². The molecule has 1 aromatic carbocycles. The fourth-order valence-electron chi connectivity index (χ4n) is 3.42. The molecule has 3 aromatic rings. The van der Waals surface area contributed by atoms with Crippen molar-refractivity contribution in [3.63, 3.8) is 0 Å². The minimum Gasteiger partial charge on any atom is -0.464 e. The Morgan fingerprint density at radius 3 is 2.86 bits per heavy atom. The largest absolute Gasteiger partial charge is 0.464 e. The fraction of sp³-hybridized carbons (Fsp3) is 0.227. The quantitative estimate of drug-likeness (QED) is 0.649. The molecule has 2 aromatic heterocycles. The minimum absolute atomic E-state index is 0.135. The molecule has 1 amide bonds. The third kappa shape index (κ3) is 4.19. The van der Waals surface area contributed by atoms with E-state index in [1.165, 1.54) is 11.8 Å². The number of para-hydroxylation sites is 1. The second-order valence-corrected chi connectivity index (χ2v) is 7.84. The predicted octanol–water partition coefficient (Wildman–Crippen LogP) is 3.93. The van der Waals surface area contributed by atoms with E-state index in [0.717, 1.165) is 35.5 Å². The van der Waals surface area contributed by atoms with Crippen LogP contribution in [0.3, 0.4) is 0 Å². The highest BCUT2D eigenvalue weighted by Gasteiger charge is 2.26. The Balaban J connectivity index is 1.64. The number of carbonyl (C=O) groups is 1. The average Bonchev–Trinajstić information content (AvgIpc) is 3.26. The van der Waals surface area contributed by atoms with Gasteiger partial charge in [0, 0.05) is 42.0 Å². The zero-order valence-corrected chi connectivity index (χ0v) is 16.8. The first-order valence-electron chi connectivity index (χ1n) is 9.31. The smallest absolute Gasteiger partial charge is 0.234 e. The van der Waals surface area contributed by atoms with Crippen LogP contribution in [-0.4, -0.2) is 35.1 Å². The summed E-state index contributed by atoms with van der Waals surface area (Å²) in [5.41, 5.74) is 4.01. The van der Waals surface area contributed by atoms with E-state index in [9.17, 15) is 10.1 Å². The average molecular weight is 404 g/mol. The van der Waals surface area contributed by atoms with Crippen LogP contribution in [0.15, 0.2) is 58.2 Å². The van der Waals surface area contributed by atoms with E-state index in [2.05, 4.69) is 23.3 Å². The molecule has 0 unspecified atom stereocenters.